The molecule has 3 nitrogen and oxygen atoms in total. The minimum atomic E-state index is -0.0498. The zero-order valence-electron chi connectivity index (χ0n) is 6.66. The minimum absolute atomic E-state index is 0.0498. The Balaban J connectivity index is 3.21. The van der Waals surface area contributed by atoms with Crippen molar-refractivity contribution in [2.75, 3.05) is 5.73 Å². The molecular weight excluding hydrogens is 152 g/mol. The lowest BCUT2D eigenvalue weighted by molar-refractivity contribution is 0.101. The SMILES string of the molecule is CC(=O)c1ccc(C#N)c(N)c1. The van der Waals surface area contributed by atoms with E-state index >= 15 is 0 Å². The van der Waals surface area contributed by atoms with Gasteiger partial charge >= 0.3 is 0 Å². The maximum absolute atomic E-state index is 10.9. The van der Waals surface area contributed by atoms with Crippen LogP contribution in [0.3, 0.4) is 0 Å². The molecule has 3 heteroatoms. The molecule has 1 rings (SSSR count). The normalized spacial score (nSPS) is 9.00. The van der Waals surface area contributed by atoms with Crippen LogP contribution in [0.1, 0.15) is 22.8 Å². The number of nitrogen functional groups attached to an aromatic ring is 1. The van der Waals surface area contributed by atoms with Crippen molar-refractivity contribution in [2.45, 2.75) is 6.92 Å². The molecule has 0 aliphatic rings. The molecule has 1 aromatic carbocycles. The third kappa shape index (κ3) is 1.43. The van der Waals surface area contributed by atoms with E-state index in [1.165, 1.54) is 13.0 Å². The Hall–Kier alpha value is -1.82. The number of nitrogens with zero attached hydrogens (tertiary/aromatic N) is 1. The first-order valence-corrected chi connectivity index (χ1v) is 3.45. The molecule has 0 heterocycles. The average molecular weight is 160 g/mol. The number of benzene rings is 1. The van der Waals surface area contributed by atoms with Crippen molar-refractivity contribution in [3.05, 3.63) is 29.3 Å². The number of ketones is 1. The van der Waals surface area contributed by atoms with Crippen LogP contribution in [-0.4, -0.2) is 5.78 Å². The van der Waals surface area contributed by atoms with Gasteiger partial charge in [0.25, 0.3) is 0 Å². The third-order valence-corrected chi connectivity index (χ3v) is 1.58. The van der Waals surface area contributed by atoms with Gasteiger partial charge in [0.15, 0.2) is 5.78 Å². The molecular formula is C9H8N2O. The Labute approximate surface area is 70.4 Å². The lowest BCUT2D eigenvalue weighted by Gasteiger charge is -1.98. The van der Waals surface area contributed by atoms with E-state index in [9.17, 15) is 4.79 Å². The first kappa shape index (κ1) is 8.28. The Morgan fingerprint density at radius 3 is 2.67 bits per heavy atom. The summed E-state index contributed by atoms with van der Waals surface area (Å²) < 4.78 is 0. The molecule has 0 unspecified atom stereocenters. The van der Waals surface area contributed by atoms with Crippen molar-refractivity contribution in [1.29, 1.82) is 5.26 Å². The van der Waals surface area contributed by atoms with Crippen LogP contribution in [0.15, 0.2) is 18.2 Å². The van der Waals surface area contributed by atoms with Gasteiger partial charge in [0, 0.05) is 5.56 Å². The summed E-state index contributed by atoms with van der Waals surface area (Å²) in [5.74, 6) is -0.0498. The largest absolute Gasteiger partial charge is 0.398 e. The molecule has 12 heavy (non-hydrogen) atoms. The smallest absolute Gasteiger partial charge is 0.159 e. The fourth-order valence-corrected chi connectivity index (χ4v) is 0.884. The van der Waals surface area contributed by atoms with Crippen LogP contribution < -0.4 is 5.73 Å². The number of hydrogen-bond donors (Lipinski definition) is 1. The lowest BCUT2D eigenvalue weighted by atomic mass is 10.1. The Morgan fingerprint density at radius 1 is 1.58 bits per heavy atom. The summed E-state index contributed by atoms with van der Waals surface area (Å²) in [5, 5.41) is 8.53. The van der Waals surface area contributed by atoms with Gasteiger partial charge in [-0.2, -0.15) is 5.26 Å². The number of nitriles is 1. The van der Waals surface area contributed by atoms with Crippen LogP contribution in [0.4, 0.5) is 5.69 Å². The van der Waals surface area contributed by atoms with E-state index in [2.05, 4.69) is 0 Å². The number of nitrogens with two attached hydrogens (primary N) is 1. The van der Waals surface area contributed by atoms with E-state index in [1.54, 1.807) is 12.1 Å². The summed E-state index contributed by atoms with van der Waals surface area (Å²) in [6.07, 6.45) is 0. The molecule has 0 aliphatic heterocycles. The molecule has 0 saturated heterocycles. The van der Waals surface area contributed by atoms with Gasteiger partial charge in [-0.3, -0.25) is 4.79 Å². The van der Waals surface area contributed by atoms with E-state index in [0.717, 1.165) is 0 Å². The summed E-state index contributed by atoms with van der Waals surface area (Å²) in [6, 6.07) is 6.58. The number of carbonyl (C=O) groups is 1. The maximum Gasteiger partial charge on any atom is 0.159 e. The van der Waals surface area contributed by atoms with Crippen molar-refractivity contribution in [3.8, 4) is 6.07 Å². The van der Waals surface area contributed by atoms with E-state index in [4.69, 9.17) is 11.0 Å². The Morgan fingerprint density at radius 2 is 2.25 bits per heavy atom. The second-order valence-corrected chi connectivity index (χ2v) is 2.47. The second-order valence-electron chi connectivity index (χ2n) is 2.47. The molecule has 60 valence electrons. The summed E-state index contributed by atoms with van der Waals surface area (Å²) in [5.41, 5.74) is 6.78. The fourth-order valence-electron chi connectivity index (χ4n) is 0.884. The van der Waals surface area contributed by atoms with Crippen LogP contribution in [-0.2, 0) is 0 Å². The van der Waals surface area contributed by atoms with E-state index in [0.29, 0.717) is 16.8 Å². The molecule has 0 bridgehead atoms. The highest BCUT2D eigenvalue weighted by molar-refractivity contribution is 5.95. The minimum Gasteiger partial charge on any atom is -0.398 e. The quantitative estimate of drug-likeness (QED) is 0.498. The number of anilines is 1. The molecule has 0 atom stereocenters. The van der Waals surface area contributed by atoms with Gasteiger partial charge in [-0.15, -0.1) is 0 Å². The molecule has 1 aromatic rings. The number of Topliss-reactive ketones (excluding diaryl/α,β-unsaturated/α-hetero) is 1. The predicted molar refractivity (Wildman–Crippen MR) is 45.6 cm³/mol. The highest BCUT2D eigenvalue weighted by Crippen LogP contribution is 2.13. The maximum atomic E-state index is 10.9. The molecule has 0 aromatic heterocycles. The fraction of sp³-hybridized carbons (Fsp3) is 0.111. The van der Waals surface area contributed by atoms with Gasteiger partial charge in [0.1, 0.15) is 6.07 Å². The van der Waals surface area contributed by atoms with E-state index in [-0.39, 0.29) is 5.78 Å². The van der Waals surface area contributed by atoms with Crippen molar-refractivity contribution in [3.63, 3.8) is 0 Å². The zero-order chi connectivity index (χ0) is 9.14. The highest BCUT2D eigenvalue weighted by Gasteiger charge is 2.02. The monoisotopic (exact) mass is 160 g/mol. The first-order chi connectivity index (χ1) is 5.65. The van der Waals surface area contributed by atoms with Crippen LogP contribution in [0, 0.1) is 11.3 Å². The summed E-state index contributed by atoms with van der Waals surface area (Å²) in [4.78, 5) is 10.9. The third-order valence-electron chi connectivity index (χ3n) is 1.58. The van der Waals surface area contributed by atoms with E-state index in [1.807, 2.05) is 6.07 Å². The van der Waals surface area contributed by atoms with Crippen molar-refractivity contribution < 1.29 is 4.79 Å². The topological polar surface area (TPSA) is 66.9 Å². The van der Waals surface area contributed by atoms with Gasteiger partial charge in [-0.1, -0.05) is 0 Å². The van der Waals surface area contributed by atoms with Crippen molar-refractivity contribution in [1.82, 2.24) is 0 Å². The molecule has 0 radical (unpaired) electrons. The van der Waals surface area contributed by atoms with Gasteiger partial charge in [-0.05, 0) is 25.1 Å². The van der Waals surface area contributed by atoms with Crippen molar-refractivity contribution >= 4 is 11.5 Å². The summed E-state index contributed by atoms with van der Waals surface area (Å²) >= 11 is 0. The van der Waals surface area contributed by atoms with Crippen LogP contribution in [0.25, 0.3) is 0 Å². The van der Waals surface area contributed by atoms with Gasteiger partial charge in [0.2, 0.25) is 0 Å². The number of hydrogen-bond acceptors (Lipinski definition) is 3. The standard InChI is InChI=1S/C9H8N2O/c1-6(12)7-2-3-8(5-10)9(11)4-7/h2-4H,11H2,1H3. The molecule has 0 aliphatic carbocycles. The molecule has 0 saturated carbocycles. The van der Waals surface area contributed by atoms with Gasteiger partial charge in [0.05, 0.1) is 11.3 Å². The molecule has 0 spiro atoms. The Kier molecular flexibility index (Phi) is 2.11. The molecule has 2 N–H and O–H groups in total. The number of carbonyl (C=O) groups excluding carboxylic acids is 1. The average Bonchev–Trinajstić information content (AvgIpc) is 2.04. The van der Waals surface area contributed by atoms with Crippen LogP contribution in [0.2, 0.25) is 0 Å². The summed E-state index contributed by atoms with van der Waals surface area (Å²) in [7, 11) is 0. The number of rotatable bonds is 1. The predicted octanol–water partition coefficient (Wildman–Crippen LogP) is 1.34. The second kappa shape index (κ2) is 3.05. The summed E-state index contributed by atoms with van der Waals surface area (Å²) in [6.45, 7) is 1.46. The van der Waals surface area contributed by atoms with Gasteiger partial charge < -0.3 is 5.73 Å². The van der Waals surface area contributed by atoms with Gasteiger partial charge in [-0.25, -0.2) is 0 Å². The molecule has 0 amide bonds. The lowest BCUT2D eigenvalue weighted by Crippen LogP contribution is -1.96. The van der Waals surface area contributed by atoms with Crippen molar-refractivity contribution in [2.24, 2.45) is 0 Å². The molecule has 0 fully saturated rings. The Bertz CT molecular complexity index is 363. The highest BCUT2D eigenvalue weighted by atomic mass is 16.1. The van der Waals surface area contributed by atoms with Crippen LogP contribution >= 0.6 is 0 Å². The van der Waals surface area contributed by atoms with E-state index < -0.39 is 0 Å². The zero-order valence-corrected chi connectivity index (χ0v) is 6.66. The first-order valence-electron chi connectivity index (χ1n) is 3.45. The van der Waals surface area contributed by atoms with Crippen LogP contribution in [0.5, 0.6) is 0 Å².